The largest absolute Gasteiger partial charge is 0.465 e. The number of hydrogen-bond donors (Lipinski definition) is 1. The predicted octanol–water partition coefficient (Wildman–Crippen LogP) is 2.11. The van der Waals surface area contributed by atoms with Gasteiger partial charge in [0.05, 0.1) is 6.61 Å². The van der Waals surface area contributed by atoms with Crippen molar-refractivity contribution in [1.82, 2.24) is 10.2 Å². The van der Waals surface area contributed by atoms with Crippen LogP contribution in [0.25, 0.3) is 0 Å². The Morgan fingerprint density at radius 3 is 2.65 bits per heavy atom. The number of rotatable bonds is 5. The van der Waals surface area contributed by atoms with Gasteiger partial charge in [0.25, 0.3) is 0 Å². The normalized spacial score (nSPS) is 24.9. The van der Waals surface area contributed by atoms with E-state index in [1.807, 2.05) is 32.0 Å². The number of ether oxygens (including phenoxy) is 1. The molecule has 2 unspecified atom stereocenters. The van der Waals surface area contributed by atoms with Crippen molar-refractivity contribution in [3.63, 3.8) is 0 Å². The van der Waals surface area contributed by atoms with Gasteiger partial charge in [-0.2, -0.15) is 0 Å². The fourth-order valence-corrected chi connectivity index (χ4v) is 3.22. The Balaban J connectivity index is 2.14. The zero-order valence-corrected chi connectivity index (χ0v) is 14.2. The number of nitrogens with one attached hydrogen (secondary N) is 1. The van der Waals surface area contributed by atoms with Gasteiger partial charge in [-0.25, -0.2) is 0 Å². The van der Waals surface area contributed by atoms with Crippen LogP contribution in [0.3, 0.4) is 0 Å². The van der Waals surface area contributed by atoms with E-state index in [0.717, 1.165) is 13.0 Å². The van der Waals surface area contributed by atoms with Crippen molar-refractivity contribution in [3.8, 4) is 0 Å². The molecule has 0 aliphatic carbocycles. The lowest BCUT2D eigenvalue weighted by Crippen LogP contribution is -2.58. The van der Waals surface area contributed by atoms with Crippen molar-refractivity contribution >= 4 is 11.9 Å². The van der Waals surface area contributed by atoms with E-state index < -0.39 is 0 Å². The van der Waals surface area contributed by atoms with Crippen molar-refractivity contribution in [3.05, 3.63) is 35.9 Å². The molecule has 2 rings (SSSR count). The molecule has 0 aromatic heterocycles. The molecule has 0 bridgehead atoms. The molecule has 1 heterocycles. The average molecular weight is 318 g/mol. The van der Waals surface area contributed by atoms with Crippen LogP contribution < -0.4 is 5.32 Å². The van der Waals surface area contributed by atoms with E-state index in [9.17, 15) is 9.59 Å². The maximum Gasteiger partial charge on any atom is 0.323 e. The highest BCUT2D eigenvalue weighted by atomic mass is 16.5. The Hall–Kier alpha value is -1.88. The molecular formula is C18H26N2O3. The van der Waals surface area contributed by atoms with E-state index in [1.165, 1.54) is 12.5 Å². The second-order valence-corrected chi connectivity index (χ2v) is 6.42. The summed E-state index contributed by atoms with van der Waals surface area (Å²) in [6.07, 6.45) is 1.38. The average Bonchev–Trinajstić information content (AvgIpc) is 2.49. The van der Waals surface area contributed by atoms with E-state index in [0.29, 0.717) is 19.6 Å². The molecular weight excluding hydrogens is 292 g/mol. The highest BCUT2D eigenvalue weighted by Gasteiger charge is 2.41. The summed E-state index contributed by atoms with van der Waals surface area (Å²) >= 11 is 0. The summed E-state index contributed by atoms with van der Waals surface area (Å²) in [6.45, 7) is 7.15. The first kappa shape index (κ1) is 17.5. The molecule has 126 valence electrons. The van der Waals surface area contributed by atoms with Crippen molar-refractivity contribution in [2.45, 2.75) is 51.7 Å². The lowest BCUT2D eigenvalue weighted by molar-refractivity contribution is -0.153. The zero-order chi connectivity index (χ0) is 16.9. The number of nitrogens with zero attached hydrogens (tertiary/aromatic N) is 1. The molecule has 1 saturated heterocycles. The van der Waals surface area contributed by atoms with Gasteiger partial charge in [-0.15, -0.1) is 0 Å². The zero-order valence-electron chi connectivity index (χ0n) is 14.2. The first-order chi connectivity index (χ1) is 10.9. The fourth-order valence-electron chi connectivity index (χ4n) is 3.22. The minimum atomic E-state index is -0.365. The van der Waals surface area contributed by atoms with Gasteiger partial charge in [0.2, 0.25) is 5.91 Å². The maximum atomic E-state index is 12.4. The standard InChI is InChI=1S/C18H26N2O3/c1-4-23-17(22)16-12-18(3,19-14(2)21)10-11-20(16)13-15-8-6-5-7-9-15/h5-9,16H,4,10-13H2,1-3H3,(H,19,21). The number of benzene rings is 1. The van der Waals surface area contributed by atoms with Gasteiger partial charge in [-0.05, 0) is 32.3 Å². The molecule has 0 radical (unpaired) electrons. The smallest absolute Gasteiger partial charge is 0.323 e. The number of amides is 1. The number of piperidine rings is 1. The van der Waals surface area contributed by atoms with Crippen molar-refractivity contribution in [1.29, 1.82) is 0 Å². The van der Waals surface area contributed by atoms with Crippen LogP contribution in [-0.4, -0.2) is 41.5 Å². The van der Waals surface area contributed by atoms with Crippen LogP contribution in [0.4, 0.5) is 0 Å². The summed E-state index contributed by atoms with van der Waals surface area (Å²) in [5, 5.41) is 3.00. The van der Waals surface area contributed by atoms with Gasteiger partial charge >= 0.3 is 5.97 Å². The Morgan fingerprint density at radius 2 is 2.04 bits per heavy atom. The third kappa shape index (κ3) is 4.79. The SMILES string of the molecule is CCOC(=O)C1CC(C)(NC(C)=O)CCN1Cc1ccccc1. The van der Waals surface area contributed by atoms with Gasteiger partial charge in [0, 0.05) is 25.6 Å². The summed E-state index contributed by atoms with van der Waals surface area (Å²) in [7, 11) is 0. The molecule has 1 aromatic rings. The van der Waals surface area contributed by atoms with Crippen molar-refractivity contribution in [2.75, 3.05) is 13.2 Å². The molecule has 0 saturated carbocycles. The van der Waals surface area contributed by atoms with Crippen LogP contribution in [0.1, 0.15) is 39.2 Å². The minimum absolute atomic E-state index is 0.0633. The Kier molecular flexibility index (Phi) is 5.77. The second-order valence-electron chi connectivity index (χ2n) is 6.42. The molecule has 5 nitrogen and oxygen atoms in total. The molecule has 1 N–H and O–H groups in total. The van der Waals surface area contributed by atoms with E-state index in [1.54, 1.807) is 0 Å². The lowest BCUT2D eigenvalue weighted by Gasteiger charge is -2.44. The topological polar surface area (TPSA) is 58.6 Å². The fraction of sp³-hybridized carbons (Fsp3) is 0.556. The number of carbonyl (C=O) groups excluding carboxylic acids is 2. The molecule has 1 aliphatic rings. The third-order valence-corrected chi connectivity index (χ3v) is 4.30. The van der Waals surface area contributed by atoms with Crippen LogP contribution in [0.5, 0.6) is 0 Å². The quantitative estimate of drug-likeness (QED) is 0.845. The van der Waals surface area contributed by atoms with E-state index in [4.69, 9.17) is 4.74 Å². The number of likely N-dealkylation sites (tertiary alicyclic amines) is 1. The summed E-state index contributed by atoms with van der Waals surface area (Å²) in [6, 6.07) is 9.77. The molecule has 5 heteroatoms. The molecule has 1 aliphatic heterocycles. The third-order valence-electron chi connectivity index (χ3n) is 4.30. The highest BCUT2D eigenvalue weighted by molar-refractivity contribution is 5.77. The monoisotopic (exact) mass is 318 g/mol. The summed E-state index contributed by atoms with van der Waals surface area (Å²) in [5.74, 6) is -0.272. The number of hydrogen-bond acceptors (Lipinski definition) is 4. The molecule has 1 aromatic carbocycles. The van der Waals surface area contributed by atoms with Gasteiger partial charge in [0.1, 0.15) is 6.04 Å². The van der Waals surface area contributed by atoms with Crippen molar-refractivity contribution < 1.29 is 14.3 Å². The molecule has 1 amide bonds. The Bertz CT molecular complexity index is 546. The van der Waals surface area contributed by atoms with Crippen LogP contribution in [0, 0.1) is 0 Å². The molecule has 1 fully saturated rings. The Labute approximate surface area is 138 Å². The Morgan fingerprint density at radius 1 is 1.35 bits per heavy atom. The number of carbonyl (C=O) groups is 2. The van der Waals surface area contributed by atoms with Gasteiger partial charge < -0.3 is 10.1 Å². The van der Waals surface area contributed by atoms with Crippen LogP contribution in [-0.2, 0) is 20.9 Å². The first-order valence-electron chi connectivity index (χ1n) is 8.17. The summed E-state index contributed by atoms with van der Waals surface area (Å²) in [4.78, 5) is 26.0. The van der Waals surface area contributed by atoms with Crippen LogP contribution >= 0.6 is 0 Å². The van der Waals surface area contributed by atoms with E-state index in [2.05, 4.69) is 22.3 Å². The molecule has 0 spiro atoms. The van der Waals surface area contributed by atoms with Gasteiger partial charge in [-0.1, -0.05) is 30.3 Å². The van der Waals surface area contributed by atoms with E-state index >= 15 is 0 Å². The van der Waals surface area contributed by atoms with Gasteiger partial charge in [0.15, 0.2) is 0 Å². The van der Waals surface area contributed by atoms with Crippen LogP contribution in [0.2, 0.25) is 0 Å². The maximum absolute atomic E-state index is 12.4. The number of esters is 1. The van der Waals surface area contributed by atoms with E-state index in [-0.39, 0.29) is 23.5 Å². The van der Waals surface area contributed by atoms with Crippen LogP contribution in [0.15, 0.2) is 30.3 Å². The van der Waals surface area contributed by atoms with Crippen molar-refractivity contribution in [2.24, 2.45) is 0 Å². The lowest BCUT2D eigenvalue weighted by atomic mass is 9.84. The highest BCUT2D eigenvalue weighted by Crippen LogP contribution is 2.28. The minimum Gasteiger partial charge on any atom is -0.465 e. The summed E-state index contributed by atoms with van der Waals surface area (Å²) in [5.41, 5.74) is 0.807. The first-order valence-corrected chi connectivity index (χ1v) is 8.17. The molecule has 23 heavy (non-hydrogen) atoms. The second kappa shape index (κ2) is 7.59. The predicted molar refractivity (Wildman–Crippen MR) is 88.7 cm³/mol. The molecule has 2 atom stereocenters. The van der Waals surface area contributed by atoms with Gasteiger partial charge in [-0.3, -0.25) is 14.5 Å². The summed E-state index contributed by atoms with van der Waals surface area (Å²) < 4.78 is 5.25.